The van der Waals surface area contributed by atoms with Crippen molar-refractivity contribution in [3.05, 3.63) is 29.3 Å². The van der Waals surface area contributed by atoms with Crippen LogP contribution in [0, 0.1) is 6.92 Å². The quantitative estimate of drug-likeness (QED) is 0.553. The molecule has 2 nitrogen and oxygen atoms in total. The van der Waals surface area contributed by atoms with Crippen molar-refractivity contribution in [2.24, 2.45) is 9.98 Å². The highest BCUT2D eigenvalue weighted by molar-refractivity contribution is 5.80. The molecular formula is C10H10N2. The van der Waals surface area contributed by atoms with E-state index in [-0.39, 0.29) is 0 Å². The molecule has 0 aromatic heterocycles. The Kier molecular flexibility index (Phi) is 1.74. The number of aryl methyl sites for hydroxylation is 1. The standard InChI is InChI=1S/C10H10N2/c1-8-2-3-10-9(6-8)4-5-11-7-12-10/h2-3,5-7H,4H2,1H3. The summed E-state index contributed by atoms with van der Waals surface area (Å²) < 4.78 is 0. The predicted octanol–water partition coefficient (Wildman–Crippen LogP) is 2.28. The maximum absolute atomic E-state index is 4.20. The second kappa shape index (κ2) is 2.89. The van der Waals surface area contributed by atoms with Crippen LogP contribution in [0.25, 0.3) is 0 Å². The molecule has 2 heteroatoms. The minimum absolute atomic E-state index is 0.886. The van der Waals surface area contributed by atoms with Crippen LogP contribution in [-0.2, 0) is 6.42 Å². The topological polar surface area (TPSA) is 24.7 Å². The molecule has 0 atom stereocenters. The van der Waals surface area contributed by atoms with Gasteiger partial charge in [-0.3, -0.25) is 0 Å². The first kappa shape index (κ1) is 7.22. The molecular weight excluding hydrogens is 148 g/mol. The molecule has 0 bridgehead atoms. The van der Waals surface area contributed by atoms with Crippen molar-refractivity contribution in [1.29, 1.82) is 0 Å². The summed E-state index contributed by atoms with van der Waals surface area (Å²) in [6.07, 6.45) is 4.37. The average Bonchev–Trinajstić information content (AvgIpc) is 2.28. The van der Waals surface area contributed by atoms with Crippen LogP contribution in [0.15, 0.2) is 28.2 Å². The van der Waals surface area contributed by atoms with E-state index in [9.17, 15) is 0 Å². The lowest BCUT2D eigenvalue weighted by atomic mass is 10.1. The summed E-state index contributed by atoms with van der Waals surface area (Å²) >= 11 is 0. The van der Waals surface area contributed by atoms with Gasteiger partial charge in [-0.25, -0.2) is 9.98 Å². The largest absolute Gasteiger partial charge is 0.249 e. The van der Waals surface area contributed by atoms with Gasteiger partial charge >= 0.3 is 0 Å². The van der Waals surface area contributed by atoms with Crippen LogP contribution in [0.5, 0.6) is 0 Å². The Hall–Kier alpha value is -1.44. The zero-order valence-corrected chi connectivity index (χ0v) is 6.99. The smallest absolute Gasteiger partial charge is 0.115 e. The molecule has 1 heterocycles. The predicted molar refractivity (Wildman–Crippen MR) is 51.5 cm³/mol. The molecule has 0 fully saturated rings. The van der Waals surface area contributed by atoms with Crippen LogP contribution in [0.2, 0.25) is 0 Å². The van der Waals surface area contributed by atoms with E-state index in [1.165, 1.54) is 11.1 Å². The highest BCUT2D eigenvalue weighted by atomic mass is 14.9. The van der Waals surface area contributed by atoms with Crippen LogP contribution >= 0.6 is 0 Å². The molecule has 2 rings (SSSR count). The average molecular weight is 158 g/mol. The first-order chi connectivity index (χ1) is 5.86. The van der Waals surface area contributed by atoms with E-state index in [1.807, 2.05) is 12.3 Å². The van der Waals surface area contributed by atoms with Gasteiger partial charge in [-0.15, -0.1) is 0 Å². The second-order valence-corrected chi connectivity index (χ2v) is 2.91. The maximum Gasteiger partial charge on any atom is 0.115 e. The molecule has 0 unspecified atom stereocenters. The van der Waals surface area contributed by atoms with Gasteiger partial charge in [0.1, 0.15) is 6.34 Å². The first-order valence-corrected chi connectivity index (χ1v) is 4.00. The molecule has 0 spiro atoms. The number of benzene rings is 1. The molecule has 0 amide bonds. The van der Waals surface area contributed by atoms with Crippen LogP contribution in [0.3, 0.4) is 0 Å². The summed E-state index contributed by atoms with van der Waals surface area (Å²) in [4.78, 5) is 8.20. The minimum Gasteiger partial charge on any atom is -0.249 e. The number of aliphatic imine (C=N–C) groups is 2. The molecule has 0 N–H and O–H groups in total. The Bertz CT molecular complexity index is 351. The third kappa shape index (κ3) is 1.28. The van der Waals surface area contributed by atoms with Gasteiger partial charge in [0.05, 0.1) is 5.69 Å². The fourth-order valence-corrected chi connectivity index (χ4v) is 1.30. The number of rotatable bonds is 0. The Balaban J connectivity index is 2.53. The molecule has 0 radical (unpaired) electrons. The lowest BCUT2D eigenvalue weighted by Crippen LogP contribution is -1.85. The molecule has 0 aliphatic carbocycles. The summed E-state index contributed by atoms with van der Waals surface area (Å²) in [6, 6.07) is 6.27. The molecule has 1 aromatic carbocycles. The first-order valence-electron chi connectivity index (χ1n) is 4.00. The van der Waals surface area contributed by atoms with Crippen molar-refractivity contribution in [3.63, 3.8) is 0 Å². The third-order valence-corrected chi connectivity index (χ3v) is 1.92. The Labute approximate surface area is 71.7 Å². The van der Waals surface area contributed by atoms with Crippen molar-refractivity contribution in [3.8, 4) is 0 Å². The van der Waals surface area contributed by atoms with E-state index in [4.69, 9.17) is 0 Å². The second-order valence-electron chi connectivity index (χ2n) is 2.91. The molecule has 12 heavy (non-hydrogen) atoms. The fraction of sp³-hybridized carbons (Fsp3) is 0.200. The van der Waals surface area contributed by atoms with E-state index < -0.39 is 0 Å². The van der Waals surface area contributed by atoms with Crippen LogP contribution in [0.1, 0.15) is 11.1 Å². The summed E-state index contributed by atoms with van der Waals surface area (Å²) in [5.74, 6) is 0. The number of nitrogens with zero attached hydrogens (tertiary/aromatic N) is 2. The van der Waals surface area contributed by atoms with E-state index >= 15 is 0 Å². The van der Waals surface area contributed by atoms with Crippen LogP contribution in [0.4, 0.5) is 5.69 Å². The van der Waals surface area contributed by atoms with Gasteiger partial charge in [0, 0.05) is 12.6 Å². The van der Waals surface area contributed by atoms with Crippen molar-refractivity contribution in [2.75, 3.05) is 0 Å². The Morgan fingerprint density at radius 3 is 3.17 bits per heavy atom. The Morgan fingerprint density at radius 1 is 1.33 bits per heavy atom. The molecule has 1 aliphatic heterocycles. The van der Waals surface area contributed by atoms with Gasteiger partial charge in [0.25, 0.3) is 0 Å². The van der Waals surface area contributed by atoms with Gasteiger partial charge in [-0.1, -0.05) is 17.7 Å². The van der Waals surface area contributed by atoms with Gasteiger partial charge in [0.15, 0.2) is 0 Å². The number of hydrogen-bond acceptors (Lipinski definition) is 2. The normalized spacial score (nSPS) is 14.1. The minimum atomic E-state index is 0.886. The van der Waals surface area contributed by atoms with Crippen LogP contribution in [-0.4, -0.2) is 12.6 Å². The van der Waals surface area contributed by atoms with Crippen molar-refractivity contribution in [1.82, 2.24) is 0 Å². The van der Waals surface area contributed by atoms with Crippen molar-refractivity contribution >= 4 is 18.2 Å². The highest BCUT2D eigenvalue weighted by Crippen LogP contribution is 2.21. The highest BCUT2D eigenvalue weighted by Gasteiger charge is 2.01. The molecule has 1 aliphatic rings. The molecule has 1 aromatic rings. The lowest BCUT2D eigenvalue weighted by Gasteiger charge is -2.01. The van der Waals surface area contributed by atoms with E-state index in [1.54, 1.807) is 6.34 Å². The summed E-state index contributed by atoms with van der Waals surface area (Å²) in [6.45, 7) is 2.09. The van der Waals surface area contributed by atoms with E-state index in [0.29, 0.717) is 0 Å². The SMILES string of the molecule is Cc1ccc2c(c1)CC=NC=N2. The summed E-state index contributed by atoms with van der Waals surface area (Å²) in [5.41, 5.74) is 3.57. The third-order valence-electron chi connectivity index (χ3n) is 1.92. The Morgan fingerprint density at radius 2 is 2.25 bits per heavy atom. The van der Waals surface area contributed by atoms with Gasteiger partial charge in [0.2, 0.25) is 0 Å². The number of hydrogen-bond donors (Lipinski definition) is 0. The van der Waals surface area contributed by atoms with Gasteiger partial charge < -0.3 is 0 Å². The zero-order chi connectivity index (χ0) is 8.39. The van der Waals surface area contributed by atoms with Crippen molar-refractivity contribution in [2.45, 2.75) is 13.3 Å². The van der Waals surface area contributed by atoms with Gasteiger partial charge in [-0.05, 0) is 18.6 Å². The summed E-state index contributed by atoms with van der Waals surface area (Å²) in [5, 5.41) is 0. The van der Waals surface area contributed by atoms with E-state index in [2.05, 4.69) is 29.0 Å². The van der Waals surface area contributed by atoms with Crippen molar-refractivity contribution < 1.29 is 0 Å². The van der Waals surface area contributed by atoms with Gasteiger partial charge in [-0.2, -0.15) is 0 Å². The maximum atomic E-state index is 4.20. The summed E-state index contributed by atoms with van der Waals surface area (Å²) in [7, 11) is 0. The zero-order valence-electron chi connectivity index (χ0n) is 6.99. The molecule has 0 saturated heterocycles. The monoisotopic (exact) mass is 158 g/mol. The lowest BCUT2D eigenvalue weighted by molar-refractivity contribution is 1.31. The number of fused-ring (bicyclic) bond motifs is 1. The van der Waals surface area contributed by atoms with Crippen LogP contribution < -0.4 is 0 Å². The van der Waals surface area contributed by atoms with E-state index in [0.717, 1.165) is 12.1 Å². The molecule has 0 saturated carbocycles. The fourth-order valence-electron chi connectivity index (χ4n) is 1.30. The molecule has 60 valence electrons.